The molecule has 2 N–H and O–H groups in total. The second-order valence-electron chi connectivity index (χ2n) is 4.92. The summed E-state index contributed by atoms with van der Waals surface area (Å²) in [7, 11) is 1.90. The predicted octanol–water partition coefficient (Wildman–Crippen LogP) is 0.683. The van der Waals surface area contributed by atoms with Gasteiger partial charge in [0.05, 0.1) is 5.92 Å². The molecule has 0 bridgehead atoms. The summed E-state index contributed by atoms with van der Waals surface area (Å²) in [4.78, 5) is 12.2. The van der Waals surface area contributed by atoms with Gasteiger partial charge in [-0.15, -0.1) is 10.2 Å². The minimum Gasteiger partial charge on any atom is -0.384 e. The molecule has 1 unspecified atom stereocenters. The summed E-state index contributed by atoms with van der Waals surface area (Å²) in [6, 6.07) is 7.94. The van der Waals surface area contributed by atoms with Crippen molar-refractivity contribution in [1.29, 1.82) is 0 Å². The molecule has 0 aliphatic carbocycles. The number of anilines is 1. The van der Waals surface area contributed by atoms with Gasteiger partial charge in [-0.25, -0.2) is 0 Å². The van der Waals surface area contributed by atoms with E-state index in [1.165, 1.54) is 0 Å². The molecular weight excluding hydrogens is 254 g/mol. The molecule has 3 rings (SSSR count). The standard InChI is InChI=1S/C14H17N5O/c1-19-9-17-18-13(19)6-7-15-14(20)11-8-16-12-5-3-2-4-10(11)12/h2-5,9,11,16H,6-8H2,1H3,(H,15,20). The fraction of sp³-hybridized carbons (Fsp3) is 0.357. The van der Waals surface area contributed by atoms with Crippen LogP contribution in [0.4, 0.5) is 5.69 Å². The maximum absolute atomic E-state index is 12.2. The van der Waals surface area contributed by atoms with Gasteiger partial charge in [-0.2, -0.15) is 0 Å². The Labute approximate surface area is 117 Å². The van der Waals surface area contributed by atoms with Crippen molar-refractivity contribution < 1.29 is 4.79 Å². The normalized spacial score (nSPS) is 16.6. The van der Waals surface area contributed by atoms with Crippen LogP contribution in [0.2, 0.25) is 0 Å². The lowest BCUT2D eigenvalue weighted by Crippen LogP contribution is -2.32. The number of hydrogen-bond donors (Lipinski definition) is 2. The fourth-order valence-electron chi connectivity index (χ4n) is 2.47. The van der Waals surface area contributed by atoms with Gasteiger partial charge in [-0.05, 0) is 11.6 Å². The summed E-state index contributed by atoms with van der Waals surface area (Å²) >= 11 is 0. The molecular formula is C14H17N5O. The first-order chi connectivity index (χ1) is 9.75. The first-order valence-corrected chi connectivity index (χ1v) is 6.69. The molecule has 1 atom stereocenters. The Morgan fingerprint density at radius 1 is 1.50 bits per heavy atom. The molecule has 0 spiro atoms. The predicted molar refractivity (Wildman–Crippen MR) is 75.4 cm³/mol. The molecule has 1 aromatic carbocycles. The number of benzene rings is 1. The number of carbonyl (C=O) groups excluding carboxylic acids is 1. The van der Waals surface area contributed by atoms with E-state index in [0.29, 0.717) is 19.5 Å². The fourth-order valence-corrected chi connectivity index (χ4v) is 2.47. The molecule has 0 fully saturated rings. The molecule has 20 heavy (non-hydrogen) atoms. The SMILES string of the molecule is Cn1cnnc1CCNC(=O)C1CNc2ccccc21. The Bertz CT molecular complexity index is 622. The zero-order valence-electron chi connectivity index (χ0n) is 11.3. The third kappa shape index (κ3) is 2.36. The first-order valence-electron chi connectivity index (χ1n) is 6.69. The van der Waals surface area contributed by atoms with E-state index in [2.05, 4.69) is 20.8 Å². The summed E-state index contributed by atoms with van der Waals surface area (Å²) in [5, 5.41) is 14.0. The van der Waals surface area contributed by atoms with Gasteiger partial charge in [-0.3, -0.25) is 4.79 Å². The number of amides is 1. The molecule has 6 heteroatoms. The molecule has 2 heterocycles. The molecule has 1 aliphatic rings. The van der Waals surface area contributed by atoms with Crippen molar-refractivity contribution in [1.82, 2.24) is 20.1 Å². The van der Waals surface area contributed by atoms with Crippen molar-refractivity contribution in [3.8, 4) is 0 Å². The number of carbonyl (C=O) groups is 1. The van der Waals surface area contributed by atoms with Gasteiger partial charge in [0.15, 0.2) is 0 Å². The number of nitrogens with zero attached hydrogens (tertiary/aromatic N) is 3. The van der Waals surface area contributed by atoms with Crippen molar-refractivity contribution in [2.24, 2.45) is 7.05 Å². The smallest absolute Gasteiger partial charge is 0.229 e. The first kappa shape index (κ1) is 12.7. The van der Waals surface area contributed by atoms with Gasteiger partial charge in [0.2, 0.25) is 5.91 Å². The highest BCUT2D eigenvalue weighted by Crippen LogP contribution is 2.30. The highest BCUT2D eigenvalue weighted by atomic mass is 16.1. The Balaban J connectivity index is 1.57. The van der Waals surface area contributed by atoms with Crippen LogP contribution in [0.3, 0.4) is 0 Å². The van der Waals surface area contributed by atoms with Crippen LogP contribution < -0.4 is 10.6 Å². The van der Waals surface area contributed by atoms with E-state index in [-0.39, 0.29) is 11.8 Å². The maximum Gasteiger partial charge on any atom is 0.229 e. The molecule has 2 aromatic rings. The highest BCUT2D eigenvalue weighted by molar-refractivity contribution is 5.88. The Hall–Kier alpha value is -2.37. The van der Waals surface area contributed by atoms with E-state index in [1.54, 1.807) is 6.33 Å². The van der Waals surface area contributed by atoms with E-state index < -0.39 is 0 Å². The maximum atomic E-state index is 12.2. The summed E-state index contributed by atoms with van der Waals surface area (Å²) in [5.41, 5.74) is 2.13. The van der Waals surface area contributed by atoms with Gasteiger partial charge in [-0.1, -0.05) is 18.2 Å². The van der Waals surface area contributed by atoms with Crippen LogP contribution in [0.25, 0.3) is 0 Å². The number of rotatable bonds is 4. The van der Waals surface area contributed by atoms with Gasteiger partial charge < -0.3 is 15.2 Å². The van der Waals surface area contributed by atoms with Crippen LogP contribution in [0.1, 0.15) is 17.3 Å². The number of nitrogens with one attached hydrogen (secondary N) is 2. The van der Waals surface area contributed by atoms with Crippen LogP contribution in [0.5, 0.6) is 0 Å². The number of para-hydroxylation sites is 1. The Kier molecular flexibility index (Phi) is 3.37. The topological polar surface area (TPSA) is 71.8 Å². The van der Waals surface area contributed by atoms with Crippen LogP contribution >= 0.6 is 0 Å². The van der Waals surface area contributed by atoms with Gasteiger partial charge in [0.25, 0.3) is 0 Å². The number of aryl methyl sites for hydroxylation is 1. The highest BCUT2D eigenvalue weighted by Gasteiger charge is 2.27. The van der Waals surface area contributed by atoms with Crippen LogP contribution in [-0.4, -0.2) is 33.8 Å². The number of aromatic nitrogens is 3. The third-order valence-electron chi connectivity index (χ3n) is 3.60. The minimum absolute atomic E-state index is 0.0598. The molecule has 104 valence electrons. The molecule has 6 nitrogen and oxygen atoms in total. The largest absolute Gasteiger partial charge is 0.384 e. The number of hydrogen-bond acceptors (Lipinski definition) is 4. The van der Waals surface area contributed by atoms with E-state index in [4.69, 9.17) is 0 Å². The average molecular weight is 271 g/mol. The second-order valence-corrected chi connectivity index (χ2v) is 4.92. The molecule has 1 amide bonds. The van der Waals surface area contributed by atoms with Gasteiger partial charge in [0.1, 0.15) is 12.2 Å². The zero-order valence-corrected chi connectivity index (χ0v) is 11.3. The van der Waals surface area contributed by atoms with E-state index >= 15 is 0 Å². The average Bonchev–Trinajstić information content (AvgIpc) is 3.05. The molecule has 0 radical (unpaired) electrons. The molecule has 1 aromatic heterocycles. The van der Waals surface area contributed by atoms with Crippen molar-refractivity contribution in [3.63, 3.8) is 0 Å². The van der Waals surface area contributed by atoms with Crippen molar-refractivity contribution in [2.45, 2.75) is 12.3 Å². The quantitative estimate of drug-likeness (QED) is 0.858. The molecule has 1 aliphatic heterocycles. The minimum atomic E-state index is -0.106. The van der Waals surface area contributed by atoms with E-state index in [1.807, 2.05) is 35.9 Å². The summed E-state index contributed by atoms with van der Waals surface area (Å²) in [6.07, 6.45) is 2.35. The van der Waals surface area contributed by atoms with Gasteiger partial charge in [0, 0.05) is 32.2 Å². The summed E-state index contributed by atoms with van der Waals surface area (Å²) in [6.45, 7) is 1.24. The van der Waals surface area contributed by atoms with Gasteiger partial charge >= 0.3 is 0 Å². The van der Waals surface area contributed by atoms with Crippen LogP contribution in [-0.2, 0) is 18.3 Å². The number of fused-ring (bicyclic) bond motifs is 1. The van der Waals surface area contributed by atoms with E-state index in [9.17, 15) is 4.79 Å². The molecule has 0 saturated heterocycles. The lowest BCUT2D eigenvalue weighted by atomic mass is 10.0. The lowest BCUT2D eigenvalue weighted by molar-refractivity contribution is -0.122. The van der Waals surface area contributed by atoms with Crippen LogP contribution in [0, 0.1) is 0 Å². The second kappa shape index (κ2) is 5.32. The monoisotopic (exact) mass is 271 g/mol. The van der Waals surface area contributed by atoms with E-state index in [0.717, 1.165) is 17.1 Å². The summed E-state index contributed by atoms with van der Waals surface area (Å²) < 4.78 is 1.86. The van der Waals surface area contributed by atoms with Crippen molar-refractivity contribution in [3.05, 3.63) is 42.0 Å². The molecule has 0 saturated carbocycles. The summed E-state index contributed by atoms with van der Waals surface area (Å²) in [5.74, 6) is 0.825. The lowest BCUT2D eigenvalue weighted by Gasteiger charge is -2.11. The van der Waals surface area contributed by atoms with Crippen LogP contribution in [0.15, 0.2) is 30.6 Å². The van der Waals surface area contributed by atoms with Crippen molar-refractivity contribution in [2.75, 3.05) is 18.4 Å². The Morgan fingerprint density at radius 3 is 3.15 bits per heavy atom. The Morgan fingerprint density at radius 2 is 2.35 bits per heavy atom. The third-order valence-corrected chi connectivity index (χ3v) is 3.60. The van der Waals surface area contributed by atoms with Crippen molar-refractivity contribution >= 4 is 11.6 Å². The zero-order chi connectivity index (χ0) is 13.9.